The Kier molecular flexibility index (Phi) is 3.42. The predicted octanol–water partition coefficient (Wildman–Crippen LogP) is 2.37. The number of carbonyl (C=O) groups is 2. The number of esters is 1. The third kappa shape index (κ3) is 1.66. The number of anilines is 1. The first-order chi connectivity index (χ1) is 10.5. The third-order valence-electron chi connectivity index (χ3n) is 4.63. The molecule has 0 unspecified atom stereocenters. The number of fused-ring (bicyclic) bond motifs is 2. The van der Waals surface area contributed by atoms with Crippen LogP contribution in [0.1, 0.15) is 19.4 Å². The SMILES string of the molecule is CCOC(=O)[C@@H]1[C@@H](C(F)F)[C@@]12C(=O)N(CC)c1ccccc12. The van der Waals surface area contributed by atoms with Crippen molar-refractivity contribution in [3.63, 3.8) is 0 Å². The Morgan fingerprint density at radius 1 is 1.36 bits per heavy atom. The number of hydrogen-bond donors (Lipinski definition) is 0. The fourth-order valence-electron chi connectivity index (χ4n) is 3.77. The fraction of sp³-hybridized carbons (Fsp3) is 0.500. The van der Waals surface area contributed by atoms with E-state index in [4.69, 9.17) is 4.74 Å². The molecule has 1 aromatic rings. The van der Waals surface area contributed by atoms with E-state index in [-0.39, 0.29) is 6.61 Å². The molecule has 0 saturated heterocycles. The van der Waals surface area contributed by atoms with Gasteiger partial charge in [0.15, 0.2) is 0 Å². The molecule has 1 aliphatic heterocycles. The Labute approximate surface area is 127 Å². The first-order valence-corrected chi connectivity index (χ1v) is 7.38. The van der Waals surface area contributed by atoms with Gasteiger partial charge in [0, 0.05) is 12.2 Å². The normalized spacial score (nSPS) is 29.1. The van der Waals surface area contributed by atoms with E-state index in [0.29, 0.717) is 17.8 Å². The van der Waals surface area contributed by atoms with E-state index in [2.05, 4.69) is 0 Å². The van der Waals surface area contributed by atoms with Gasteiger partial charge in [-0.3, -0.25) is 9.59 Å². The molecule has 3 atom stereocenters. The van der Waals surface area contributed by atoms with Gasteiger partial charge >= 0.3 is 5.97 Å². The maximum atomic E-state index is 13.5. The Balaban J connectivity index is 2.12. The van der Waals surface area contributed by atoms with Crippen molar-refractivity contribution in [1.29, 1.82) is 0 Å². The molecule has 1 fully saturated rings. The number of alkyl halides is 2. The number of carbonyl (C=O) groups excluding carboxylic acids is 2. The maximum Gasteiger partial charge on any atom is 0.310 e. The molecule has 0 N–H and O–H groups in total. The summed E-state index contributed by atoms with van der Waals surface area (Å²) in [6, 6.07) is 6.86. The highest BCUT2D eigenvalue weighted by Gasteiger charge is 2.80. The molecular weight excluding hydrogens is 292 g/mol. The van der Waals surface area contributed by atoms with Gasteiger partial charge in [-0.1, -0.05) is 18.2 Å². The lowest BCUT2D eigenvalue weighted by molar-refractivity contribution is -0.146. The van der Waals surface area contributed by atoms with Crippen LogP contribution in [0, 0.1) is 11.8 Å². The molecule has 1 heterocycles. The highest BCUT2D eigenvalue weighted by molar-refractivity contribution is 6.14. The Hall–Kier alpha value is -1.98. The van der Waals surface area contributed by atoms with Gasteiger partial charge in [0.25, 0.3) is 0 Å². The number of para-hydroxylation sites is 1. The van der Waals surface area contributed by atoms with Crippen LogP contribution in [0.3, 0.4) is 0 Å². The summed E-state index contributed by atoms with van der Waals surface area (Å²) >= 11 is 0. The van der Waals surface area contributed by atoms with Gasteiger partial charge in [0.05, 0.1) is 23.9 Å². The van der Waals surface area contributed by atoms with Crippen molar-refractivity contribution >= 4 is 17.6 Å². The van der Waals surface area contributed by atoms with Gasteiger partial charge < -0.3 is 9.64 Å². The largest absolute Gasteiger partial charge is 0.466 e. The first-order valence-electron chi connectivity index (χ1n) is 7.38. The van der Waals surface area contributed by atoms with Crippen LogP contribution in [0.2, 0.25) is 0 Å². The number of amides is 1. The Morgan fingerprint density at radius 2 is 2.05 bits per heavy atom. The van der Waals surface area contributed by atoms with Gasteiger partial charge in [0.2, 0.25) is 12.3 Å². The standard InChI is InChI=1S/C16H17F2NO3/c1-3-19-10-8-6-5-7-9(10)16(15(19)21)11(13(17)18)12(16)14(20)22-4-2/h5-8,11-13H,3-4H2,1-2H3/t11-,12-,16+/m0/s1. The van der Waals surface area contributed by atoms with Crippen LogP contribution in [0.15, 0.2) is 24.3 Å². The minimum Gasteiger partial charge on any atom is -0.466 e. The molecule has 1 aromatic carbocycles. The second-order valence-corrected chi connectivity index (χ2v) is 5.53. The zero-order valence-electron chi connectivity index (χ0n) is 12.4. The van der Waals surface area contributed by atoms with E-state index >= 15 is 0 Å². The van der Waals surface area contributed by atoms with Gasteiger partial charge in [0.1, 0.15) is 0 Å². The van der Waals surface area contributed by atoms with Crippen LogP contribution in [0.5, 0.6) is 0 Å². The number of ether oxygens (including phenoxy) is 1. The lowest BCUT2D eigenvalue weighted by Gasteiger charge is -2.15. The fourth-order valence-corrected chi connectivity index (χ4v) is 3.77. The van der Waals surface area contributed by atoms with Crippen molar-refractivity contribution < 1.29 is 23.1 Å². The van der Waals surface area contributed by atoms with Crippen LogP contribution in [0.4, 0.5) is 14.5 Å². The summed E-state index contributed by atoms with van der Waals surface area (Å²) in [6.07, 6.45) is -2.75. The number of benzene rings is 1. The molecule has 118 valence electrons. The van der Waals surface area contributed by atoms with Crippen molar-refractivity contribution in [1.82, 2.24) is 0 Å². The minimum atomic E-state index is -2.75. The summed E-state index contributed by atoms with van der Waals surface area (Å²) < 4.78 is 31.9. The molecule has 22 heavy (non-hydrogen) atoms. The third-order valence-corrected chi connectivity index (χ3v) is 4.63. The summed E-state index contributed by atoms with van der Waals surface area (Å²) in [4.78, 5) is 26.4. The zero-order chi connectivity index (χ0) is 16.1. The second-order valence-electron chi connectivity index (χ2n) is 5.53. The molecular formula is C16H17F2NO3. The quantitative estimate of drug-likeness (QED) is 0.802. The number of likely N-dealkylation sites (N-methyl/N-ethyl adjacent to an activating group) is 1. The lowest BCUT2D eigenvalue weighted by Crippen LogP contribution is -2.35. The summed E-state index contributed by atoms with van der Waals surface area (Å²) in [5.41, 5.74) is -0.315. The van der Waals surface area contributed by atoms with E-state index in [1.807, 2.05) is 0 Å². The van der Waals surface area contributed by atoms with Gasteiger partial charge in [-0.05, 0) is 25.5 Å². The zero-order valence-corrected chi connectivity index (χ0v) is 12.4. The van der Waals surface area contributed by atoms with Crippen molar-refractivity contribution in [3.8, 4) is 0 Å². The van der Waals surface area contributed by atoms with Crippen molar-refractivity contribution in [2.75, 3.05) is 18.1 Å². The molecule has 1 aliphatic carbocycles. The molecule has 3 rings (SSSR count). The topological polar surface area (TPSA) is 46.6 Å². The van der Waals surface area contributed by atoms with Crippen molar-refractivity contribution in [2.24, 2.45) is 11.8 Å². The summed E-state index contributed by atoms with van der Waals surface area (Å²) in [5, 5.41) is 0. The molecule has 0 radical (unpaired) electrons. The van der Waals surface area contributed by atoms with E-state index < -0.39 is 35.6 Å². The predicted molar refractivity (Wildman–Crippen MR) is 75.8 cm³/mol. The number of rotatable bonds is 4. The molecule has 1 saturated carbocycles. The summed E-state index contributed by atoms with van der Waals surface area (Å²) in [6.45, 7) is 3.89. The minimum absolute atomic E-state index is 0.106. The molecule has 0 aromatic heterocycles. The van der Waals surface area contributed by atoms with Crippen molar-refractivity contribution in [2.45, 2.75) is 25.7 Å². The van der Waals surface area contributed by atoms with Gasteiger partial charge in [-0.15, -0.1) is 0 Å². The van der Waals surface area contributed by atoms with Gasteiger partial charge in [-0.25, -0.2) is 8.78 Å². The van der Waals surface area contributed by atoms with E-state index in [9.17, 15) is 18.4 Å². The van der Waals surface area contributed by atoms with E-state index in [0.717, 1.165) is 0 Å². The Bertz CT molecular complexity index is 634. The maximum absolute atomic E-state index is 13.5. The van der Waals surface area contributed by atoms with Crippen LogP contribution >= 0.6 is 0 Å². The summed E-state index contributed by atoms with van der Waals surface area (Å²) in [5.74, 6) is -3.54. The van der Waals surface area contributed by atoms with Crippen LogP contribution in [-0.4, -0.2) is 31.5 Å². The highest BCUT2D eigenvalue weighted by Crippen LogP contribution is 2.68. The molecule has 4 nitrogen and oxygen atoms in total. The number of hydrogen-bond acceptors (Lipinski definition) is 3. The summed E-state index contributed by atoms with van der Waals surface area (Å²) in [7, 11) is 0. The Morgan fingerprint density at radius 3 is 2.64 bits per heavy atom. The molecule has 0 bridgehead atoms. The molecule has 6 heteroatoms. The second kappa shape index (κ2) is 5.04. The van der Waals surface area contributed by atoms with E-state index in [1.54, 1.807) is 38.1 Å². The average molecular weight is 309 g/mol. The monoisotopic (exact) mass is 309 g/mol. The van der Waals surface area contributed by atoms with Crippen LogP contribution in [0.25, 0.3) is 0 Å². The van der Waals surface area contributed by atoms with Crippen molar-refractivity contribution in [3.05, 3.63) is 29.8 Å². The van der Waals surface area contributed by atoms with E-state index in [1.165, 1.54) is 4.90 Å². The lowest BCUT2D eigenvalue weighted by atomic mass is 9.93. The number of nitrogens with zero attached hydrogens (tertiary/aromatic N) is 1. The molecule has 1 amide bonds. The molecule has 2 aliphatic rings. The number of halogens is 2. The smallest absolute Gasteiger partial charge is 0.310 e. The first kappa shape index (κ1) is 14.9. The molecule has 1 spiro atoms. The average Bonchev–Trinajstić information content (AvgIpc) is 3.13. The van der Waals surface area contributed by atoms with Crippen LogP contribution in [-0.2, 0) is 19.7 Å². The highest BCUT2D eigenvalue weighted by atomic mass is 19.3. The van der Waals surface area contributed by atoms with Gasteiger partial charge in [-0.2, -0.15) is 0 Å². The van der Waals surface area contributed by atoms with Crippen LogP contribution < -0.4 is 4.90 Å².